The summed E-state index contributed by atoms with van der Waals surface area (Å²) in [7, 11) is 0. The Morgan fingerprint density at radius 1 is 1.47 bits per heavy atom. The molecule has 1 N–H and O–H groups in total. The lowest BCUT2D eigenvalue weighted by Gasteiger charge is -2.46. The molecule has 2 aliphatic heterocycles. The van der Waals surface area contributed by atoms with Crippen molar-refractivity contribution in [2.45, 2.75) is 76.3 Å². The van der Waals surface area contributed by atoms with E-state index >= 15 is 0 Å². The number of fused-ring (bicyclic) bond motifs is 2. The van der Waals surface area contributed by atoms with E-state index in [0.717, 1.165) is 12.8 Å². The van der Waals surface area contributed by atoms with E-state index in [9.17, 15) is 4.79 Å². The van der Waals surface area contributed by atoms with E-state index in [2.05, 4.69) is 12.2 Å². The first-order valence-electron chi connectivity index (χ1n) is 6.53. The summed E-state index contributed by atoms with van der Waals surface area (Å²) >= 11 is 0. The van der Waals surface area contributed by atoms with Crippen molar-refractivity contribution >= 4 is 5.78 Å². The molecule has 0 aliphatic carbocycles. The molecule has 0 spiro atoms. The van der Waals surface area contributed by atoms with Gasteiger partial charge in [-0.1, -0.05) is 32.6 Å². The summed E-state index contributed by atoms with van der Waals surface area (Å²) in [6.45, 7) is 2.24. The van der Waals surface area contributed by atoms with Crippen LogP contribution in [0.15, 0.2) is 0 Å². The van der Waals surface area contributed by atoms with Crippen LogP contribution >= 0.6 is 0 Å². The maximum absolute atomic E-state index is 11.7. The topological polar surface area (TPSA) is 29.1 Å². The van der Waals surface area contributed by atoms with Crippen molar-refractivity contribution in [3.8, 4) is 0 Å². The van der Waals surface area contributed by atoms with Crippen LogP contribution in [-0.2, 0) is 4.79 Å². The molecule has 2 fully saturated rings. The minimum Gasteiger partial charge on any atom is -0.308 e. The molecule has 15 heavy (non-hydrogen) atoms. The highest BCUT2D eigenvalue weighted by Gasteiger charge is 2.41. The first-order chi connectivity index (χ1) is 7.24. The largest absolute Gasteiger partial charge is 0.308 e. The van der Waals surface area contributed by atoms with Gasteiger partial charge in [0.05, 0.1) is 0 Å². The van der Waals surface area contributed by atoms with Gasteiger partial charge in [-0.15, -0.1) is 0 Å². The van der Waals surface area contributed by atoms with Crippen LogP contribution in [0.3, 0.4) is 0 Å². The number of rotatable bonds is 4. The van der Waals surface area contributed by atoms with Crippen molar-refractivity contribution in [1.82, 2.24) is 5.32 Å². The van der Waals surface area contributed by atoms with Crippen LogP contribution in [0.25, 0.3) is 0 Å². The van der Waals surface area contributed by atoms with Gasteiger partial charge in [-0.25, -0.2) is 0 Å². The number of hydrogen-bond donors (Lipinski definition) is 1. The third-order valence-corrected chi connectivity index (χ3v) is 3.99. The van der Waals surface area contributed by atoms with E-state index in [1.807, 2.05) is 0 Å². The number of hydrogen-bond acceptors (Lipinski definition) is 2. The van der Waals surface area contributed by atoms with Gasteiger partial charge < -0.3 is 5.32 Å². The molecule has 0 saturated carbocycles. The number of carbonyl (C=O) groups is 1. The van der Waals surface area contributed by atoms with Crippen LogP contribution in [0.1, 0.15) is 64.7 Å². The molecule has 2 aliphatic rings. The second kappa shape index (κ2) is 4.65. The van der Waals surface area contributed by atoms with Gasteiger partial charge in [-0.05, 0) is 19.3 Å². The molecule has 0 aromatic heterocycles. The van der Waals surface area contributed by atoms with E-state index < -0.39 is 0 Å². The van der Waals surface area contributed by atoms with Gasteiger partial charge in [0, 0.05) is 24.4 Å². The predicted molar refractivity (Wildman–Crippen MR) is 61.9 cm³/mol. The van der Waals surface area contributed by atoms with Gasteiger partial charge in [-0.3, -0.25) is 4.79 Å². The Bertz CT molecular complexity index is 239. The summed E-state index contributed by atoms with van der Waals surface area (Å²) in [4.78, 5) is 11.7. The van der Waals surface area contributed by atoms with Gasteiger partial charge in [0.2, 0.25) is 0 Å². The standard InChI is InChI=1S/C13H23NO/c1-2-3-4-7-13-8-5-6-11(14-13)9-12(15)10-13/h11,14H,2-10H2,1H3. The fourth-order valence-electron chi connectivity index (χ4n) is 3.28. The summed E-state index contributed by atoms with van der Waals surface area (Å²) in [6, 6.07) is 0.502. The second-order valence-electron chi connectivity index (χ2n) is 5.39. The van der Waals surface area contributed by atoms with Crippen molar-refractivity contribution in [3.05, 3.63) is 0 Å². The second-order valence-corrected chi connectivity index (χ2v) is 5.39. The number of ketones is 1. The number of Topliss-reactive ketones (excluding diaryl/α,β-unsaturated/α-hetero) is 1. The van der Waals surface area contributed by atoms with Crippen LogP contribution in [0.4, 0.5) is 0 Å². The van der Waals surface area contributed by atoms with Gasteiger partial charge >= 0.3 is 0 Å². The lowest BCUT2D eigenvalue weighted by atomic mass is 9.73. The van der Waals surface area contributed by atoms with E-state index in [-0.39, 0.29) is 5.54 Å². The minimum atomic E-state index is 0.202. The van der Waals surface area contributed by atoms with Crippen LogP contribution < -0.4 is 5.32 Å². The lowest BCUT2D eigenvalue weighted by Crippen LogP contribution is -2.58. The first-order valence-corrected chi connectivity index (χ1v) is 6.53. The van der Waals surface area contributed by atoms with Crippen molar-refractivity contribution in [3.63, 3.8) is 0 Å². The fraction of sp³-hybridized carbons (Fsp3) is 0.923. The van der Waals surface area contributed by atoms with Crippen molar-refractivity contribution in [2.24, 2.45) is 0 Å². The number of piperidine rings is 2. The Hall–Kier alpha value is -0.370. The van der Waals surface area contributed by atoms with E-state index in [1.54, 1.807) is 0 Å². The average molecular weight is 209 g/mol. The average Bonchev–Trinajstić information content (AvgIpc) is 2.16. The van der Waals surface area contributed by atoms with E-state index in [4.69, 9.17) is 0 Å². The van der Waals surface area contributed by atoms with Gasteiger partial charge in [0.15, 0.2) is 0 Å². The number of nitrogens with one attached hydrogen (secondary N) is 1. The van der Waals surface area contributed by atoms with Crippen LogP contribution in [0.2, 0.25) is 0 Å². The maximum Gasteiger partial charge on any atom is 0.136 e. The molecule has 0 amide bonds. The summed E-state index contributed by atoms with van der Waals surface area (Å²) in [6.07, 6.45) is 10.4. The Kier molecular flexibility index (Phi) is 3.45. The molecule has 2 unspecified atom stereocenters. The maximum atomic E-state index is 11.7. The molecule has 2 heteroatoms. The van der Waals surface area contributed by atoms with Crippen molar-refractivity contribution in [2.75, 3.05) is 0 Å². The quantitative estimate of drug-likeness (QED) is 0.721. The highest BCUT2D eigenvalue weighted by atomic mass is 16.1. The van der Waals surface area contributed by atoms with Crippen molar-refractivity contribution in [1.29, 1.82) is 0 Å². The Labute approximate surface area is 92.8 Å². The highest BCUT2D eigenvalue weighted by molar-refractivity contribution is 5.81. The minimum absolute atomic E-state index is 0.202. The summed E-state index contributed by atoms with van der Waals surface area (Å²) in [5.74, 6) is 0.495. The highest BCUT2D eigenvalue weighted by Crippen LogP contribution is 2.35. The fourth-order valence-corrected chi connectivity index (χ4v) is 3.28. The first kappa shape index (κ1) is 11.1. The molecule has 0 aromatic carbocycles. The normalized spacial score (nSPS) is 35.5. The molecular weight excluding hydrogens is 186 g/mol. The third-order valence-electron chi connectivity index (χ3n) is 3.99. The van der Waals surface area contributed by atoms with Gasteiger partial charge in [0.25, 0.3) is 0 Å². The zero-order valence-corrected chi connectivity index (χ0v) is 9.85. The summed E-state index contributed by atoms with van der Waals surface area (Å²) in [5.41, 5.74) is 0.202. The molecule has 2 bridgehead atoms. The van der Waals surface area contributed by atoms with Gasteiger partial charge in [0.1, 0.15) is 5.78 Å². The Balaban J connectivity index is 1.94. The molecule has 0 aromatic rings. The van der Waals surface area contributed by atoms with Crippen LogP contribution in [-0.4, -0.2) is 17.4 Å². The molecule has 2 nitrogen and oxygen atoms in total. The zero-order valence-electron chi connectivity index (χ0n) is 9.85. The molecule has 2 rings (SSSR count). The molecule has 2 saturated heterocycles. The molecule has 2 atom stereocenters. The molecule has 2 heterocycles. The molecule has 0 radical (unpaired) electrons. The summed E-state index contributed by atoms with van der Waals surface area (Å²) < 4.78 is 0. The lowest BCUT2D eigenvalue weighted by molar-refractivity contribution is -0.124. The molecule has 86 valence electrons. The van der Waals surface area contributed by atoms with Crippen molar-refractivity contribution < 1.29 is 4.79 Å². The van der Waals surface area contributed by atoms with E-state index in [1.165, 1.54) is 44.9 Å². The Morgan fingerprint density at radius 3 is 3.13 bits per heavy atom. The Morgan fingerprint density at radius 2 is 2.33 bits per heavy atom. The summed E-state index contributed by atoms with van der Waals surface area (Å²) in [5, 5.41) is 3.73. The van der Waals surface area contributed by atoms with Crippen LogP contribution in [0, 0.1) is 0 Å². The SMILES string of the molecule is CCCCCC12CCCC(CC(=O)C1)N2. The van der Waals surface area contributed by atoms with Crippen LogP contribution in [0.5, 0.6) is 0 Å². The zero-order chi connectivity index (χ0) is 10.7. The predicted octanol–water partition coefficient (Wildman–Crippen LogP) is 2.81. The number of carbonyl (C=O) groups excluding carboxylic acids is 1. The van der Waals surface area contributed by atoms with E-state index in [0.29, 0.717) is 11.8 Å². The van der Waals surface area contributed by atoms with Gasteiger partial charge in [-0.2, -0.15) is 0 Å². The smallest absolute Gasteiger partial charge is 0.136 e. The monoisotopic (exact) mass is 209 g/mol. The third kappa shape index (κ3) is 2.60. The number of unbranched alkanes of at least 4 members (excludes halogenated alkanes) is 2. The molecular formula is C13H23NO.